The molecule has 0 aromatic carbocycles. The molecule has 0 heterocycles. The van der Waals surface area contributed by atoms with Gasteiger partial charge in [0.05, 0.1) is 18.6 Å². The number of methoxy groups -OCH3 is 1. The van der Waals surface area contributed by atoms with Gasteiger partial charge in [-0.1, -0.05) is 61.3 Å². The van der Waals surface area contributed by atoms with Crippen LogP contribution in [0.3, 0.4) is 0 Å². The number of ether oxygens (including phenoxy) is 1. The van der Waals surface area contributed by atoms with Gasteiger partial charge in [-0.15, -0.1) is 0 Å². The molecule has 2 unspecified atom stereocenters. The van der Waals surface area contributed by atoms with Crippen LogP contribution in [0.15, 0.2) is 0 Å². The Balaban J connectivity index is 4.73. The highest BCUT2D eigenvalue weighted by Gasteiger charge is 2.41. The molecule has 2 atom stereocenters. The van der Waals surface area contributed by atoms with Crippen LogP contribution in [-0.4, -0.2) is 41.9 Å². The Kier molecular flexibility index (Phi) is 11.9. The Morgan fingerprint density at radius 2 is 1.34 bits per heavy atom. The highest BCUT2D eigenvalue weighted by atomic mass is 28.4. The van der Waals surface area contributed by atoms with E-state index in [4.69, 9.17) is 13.6 Å². The molecule has 0 saturated carbocycles. The molecule has 4 nitrogen and oxygen atoms in total. The van der Waals surface area contributed by atoms with Gasteiger partial charge in [0.2, 0.25) is 0 Å². The van der Waals surface area contributed by atoms with Crippen molar-refractivity contribution in [1.82, 2.24) is 0 Å². The maximum Gasteiger partial charge on any atom is 0.308 e. The summed E-state index contributed by atoms with van der Waals surface area (Å²) >= 11 is 0. The van der Waals surface area contributed by atoms with Crippen molar-refractivity contribution in [3.8, 4) is 0 Å². The van der Waals surface area contributed by atoms with Gasteiger partial charge in [-0.05, 0) is 75.3 Å². The molecule has 192 valence electrons. The monoisotopic (exact) mass is 488 g/mol. The Bertz CT molecular complexity index is 571. The minimum absolute atomic E-state index is 0.0868. The van der Waals surface area contributed by atoms with Crippen molar-refractivity contribution in [3.63, 3.8) is 0 Å². The Hall–Kier alpha value is -0.176. The molecule has 0 amide bonds. The van der Waals surface area contributed by atoms with Crippen molar-refractivity contribution in [1.29, 1.82) is 0 Å². The van der Waals surface area contributed by atoms with E-state index in [-0.39, 0.29) is 27.6 Å². The zero-order valence-electron chi connectivity index (χ0n) is 24.0. The lowest BCUT2D eigenvalue weighted by Crippen LogP contribution is -2.47. The summed E-state index contributed by atoms with van der Waals surface area (Å²) in [6.07, 6.45) is 4.85. The van der Waals surface area contributed by atoms with Crippen molar-refractivity contribution in [2.24, 2.45) is 11.8 Å². The summed E-state index contributed by atoms with van der Waals surface area (Å²) < 4.78 is 18.1. The maximum atomic E-state index is 12.4. The van der Waals surface area contributed by atoms with Gasteiger partial charge in [0, 0.05) is 6.61 Å². The van der Waals surface area contributed by atoms with E-state index in [1.54, 1.807) is 0 Å². The smallest absolute Gasteiger partial charge is 0.308 e. The molecule has 0 aliphatic rings. The van der Waals surface area contributed by atoms with Crippen LogP contribution in [0, 0.1) is 11.8 Å². The number of carbonyl (C=O) groups excluding carboxylic acids is 1. The van der Waals surface area contributed by atoms with Crippen LogP contribution < -0.4 is 0 Å². The summed E-state index contributed by atoms with van der Waals surface area (Å²) in [4.78, 5) is 12.4. The molecule has 6 heteroatoms. The summed E-state index contributed by atoms with van der Waals surface area (Å²) in [5.41, 5.74) is -0.110. The molecule has 0 bridgehead atoms. The van der Waals surface area contributed by atoms with E-state index in [0.717, 1.165) is 32.1 Å². The van der Waals surface area contributed by atoms with Gasteiger partial charge < -0.3 is 13.6 Å². The highest BCUT2D eigenvalue weighted by molar-refractivity contribution is 6.74. The van der Waals surface area contributed by atoms with Crippen molar-refractivity contribution in [2.75, 3.05) is 13.7 Å². The Labute approximate surface area is 202 Å². The number of hydrogen-bond acceptors (Lipinski definition) is 4. The minimum Gasteiger partial charge on any atom is -0.469 e. The standard InChI is InChI=1S/C26H56O4Si2/c1-21(16-15-18-26(8,9)30-32(13,14)25(5,6)7)20-22(23(27)28-10)17-19-29-31(11,12)24(2,3)4/h21-22H,15-20H2,1-14H3. The van der Waals surface area contributed by atoms with E-state index in [1.165, 1.54) is 7.11 Å². The van der Waals surface area contributed by atoms with Gasteiger partial charge in [0.15, 0.2) is 16.6 Å². The third-order valence-corrected chi connectivity index (χ3v) is 17.0. The third kappa shape index (κ3) is 10.8. The zero-order chi connectivity index (χ0) is 25.6. The van der Waals surface area contributed by atoms with Crippen LogP contribution in [0.25, 0.3) is 0 Å². The second kappa shape index (κ2) is 12.0. The van der Waals surface area contributed by atoms with E-state index in [0.29, 0.717) is 12.5 Å². The third-order valence-electron chi connectivity index (χ3n) is 7.77. The van der Waals surface area contributed by atoms with E-state index in [1.807, 2.05) is 0 Å². The topological polar surface area (TPSA) is 44.8 Å². The zero-order valence-corrected chi connectivity index (χ0v) is 26.0. The van der Waals surface area contributed by atoms with Gasteiger partial charge in [0.25, 0.3) is 0 Å². The molecule has 0 radical (unpaired) electrons. The van der Waals surface area contributed by atoms with E-state index in [2.05, 4.69) is 88.5 Å². The number of carbonyl (C=O) groups is 1. The molecule has 0 N–H and O–H groups in total. The second-order valence-corrected chi connectivity index (χ2v) is 23.0. The SMILES string of the molecule is COC(=O)C(CCO[Si](C)(C)C(C)(C)C)CC(C)CCCC(C)(C)O[Si](C)(C)C(C)(C)C. The molecule has 0 saturated heterocycles. The number of esters is 1. The molecule has 0 spiro atoms. The molecular weight excluding hydrogens is 432 g/mol. The first-order valence-corrected chi connectivity index (χ1v) is 18.4. The lowest BCUT2D eigenvalue weighted by molar-refractivity contribution is -0.146. The van der Waals surface area contributed by atoms with Crippen molar-refractivity contribution >= 4 is 22.6 Å². The molecule has 0 aromatic rings. The van der Waals surface area contributed by atoms with Gasteiger partial charge >= 0.3 is 5.97 Å². The van der Waals surface area contributed by atoms with E-state index < -0.39 is 16.6 Å². The molecule has 32 heavy (non-hydrogen) atoms. The van der Waals surface area contributed by atoms with E-state index >= 15 is 0 Å². The van der Waals surface area contributed by atoms with Gasteiger partial charge in [-0.2, -0.15) is 0 Å². The van der Waals surface area contributed by atoms with Crippen LogP contribution in [0.2, 0.25) is 36.3 Å². The van der Waals surface area contributed by atoms with E-state index in [9.17, 15) is 4.79 Å². The second-order valence-electron chi connectivity index (χ2n) is 13.5. The van der Waals surface area contributed by atoms with Crippen molar-refractivity contribution < 1.29 is 18.4 Å². The summed E-state index contributed by atoms with van der Waals surface area (Å²) in [5, 5.41) is 0.401. The maximum absolute atomic E-state index is 12.4. The first kappa shape index (κ1) is 31.8. The Morgan fingerprint density at radius 1 is 0.844 bits per heavy atom. The first-order valence-electron chi connectivity index (χ1n) is 12.6. The predicted molar refractivity (Wildman–Crippen MR) is 143 cm³/mol. The van der Waals surface area contributed by atoms with Crippen LogP contribution in [-0.2, 0) is 18.4 Å². The Morgan fingerprint density at radius 3 is 1.78 bits per heavy atom. The van der Waals surface area contributed by atoms with Gasteiger partial charge in [-0.25, -0.2) is 0 Å². The van der Waals surface area contributed by atoms with Crippen LogP contribution in [0.4, 0.5) is 0 Å². The molecule has 0 aliphatic carbocycles. The lowest BCUT2D eigenvalue weighted by Gasteiger charge is -2.43. The molecule has 0 aromatic heterocycles. The van der Waals surface area contributed by atoms with Crippen molar-refractivity contribution in [3.05, 3.63) is 0 Å². The largest absolute Gasteiger partial charge is 0.469 e. The average molecular weight is 489 g/mol. The summed E-state index contributed by atoms with van der Waals surface area (Å²) in [5.74, 6) is 0.282. The van der Waals surface area contributed by atoms with Crippen LogP contribution in [0.5, 0.6) is 0 Å². The lowest BCUT2D eigenvalue weighted by atomic mass is 9.88. The van der Waals surface area contributed by atoms with Gasteiger partial charge in [0.1, 0.15) is 0 Å². The minimum atomic E-state index is -1.79. The fourth-order valence-electron chi connectivity index (χ4n) is 3.55. The number of rotatable bonds is 13. The van der Waals surface area contributed by atoms with Crippen molar-refractivity contribution in [2.45, 2.75) is 136 Å². The molecule has 0 rings (SSSR count). The molecular formula is C26H56O4Si2. The summed E-state index contributed by atoms with van der Waals surface area (Å²) in [6, 6.07) is 0. The van der Waals surface area contributed by atoms with Gasteiger partial charge in [-0.3, -0.25) is 4.79 Å². The predicted octanol–water partition coefficient (Wildman–Crippen LogP) is 8.18. The van der Waals surface area contributed by atoms with Crippen LogP contribution >= 0.6 is 0 Å². The highest BCUT2D eigenvalue weighted by Crippen LogP contribution is 2.40. The fraction of sp³-hybridized carbons (Fsp3) is 0.962. The molecule has 0 aliphatic heterocycles. The van der Waals surface area contributed by atoms with Crippen LogP contribution in [0.1, 0.15) is 94.4 Å². The summed E-state index contributed by atoms with van der Waals surface area (Å²) in [7, 11) is -2.08. The first-order chi connectivity index (χ1) is 14.2. The molecule has 0 fully saturated rings. The average Bonchev–Trinajstić information content (AvgIpc) is 2.56. The fourth-order valence-corrected chi connectivity index (χ4v) is 6.40. The normalized spacial score (nSPS) is 16.1. The summed E-state index contributed by atoms with van der Waals surface area (Å²) in [6.45, 7) is 30.1. The quantitative estimate of drug-likeness (QED) is 0.194. The number of hydrogen-bond donors (Lipinski definition) is 0.